The molecular weight excluding hydrogens is 306 g/mol. The van der Waals surface area contributed by atoms with Crippen LogP contribution in [0, 0.1) is 0 Å². The molecule has 2 aromatic rings. The molecule has 3 heterocycles. The van der Waals surface area contributed by atoms with Crippen molar-refractivity contribution in [3.8, 4) is 11.5 Å². The molecule has 1 N–H and O–H groups in total. The topological polar surface area (TPSA) is 63.7 Å². The van der Waals surface area contributed by atoms with E-state index in [0.29, 0.717) is 6.54 Å². The average molecular weight is 325 g/mol. The Bertz CT molecular complexity index is 765. The van der Waals surface area contributed by atoms with Gasteiger partial charge < -0.3 is 14.8 Å². The molecule has 4 rings (SSSR count). The van der Waals surface area contributed by atoms with Crippen molar-refractivity contribution in [2.75, 3.05) is 18.7 Å². The number of carbonyl (C=O) groups is 1. The molecule has 0 aliphatic carbocycles. The maximum Gasteiger partial charge on any atom is 0.244 e. The van der Waals surface area contributed by atoms with Crippen molar-refractivity contribution in [1.29, 1.82) is 0 Å². The maximum absolute atomic E-state index is 12.7. The number of para-hydroxylation sites is 1. The van der Waals surface area contributed by atoms with Crippen LogP contribution in [-0.2, 0) is 11.3 Å². The summed E-state index contributed by atoms with van der Waals surface area (Å²) in [6.45, 7) is 3.78. The largest absolute Gasteiger partial charge is 0.454 e. The first kappa shape index (κ1) is 15.0. The SMILES string of the molecule is CC1(C(=O)Nc2ccncc2)CCN1Cc1cccc2c1OCO2. The first-order chi connectivity index (χ1) is 11.7. The van der Waals surface area contributed by atoms with E-state index in [2.05, 4.69) is 15.2 Å². The Labute approximate surface area is 140 Å². The number of amides is 1. The van der Waals surface area contributed by atoms with Gasteiger partial charge >= 0.3 is 0 Å². The first-order valence-corrected chi connectivity index (χ1v) is 8.01. The van der Waals surface area contributed by atoms with Crippen molar-refractivity contribution in [2.45, 2.75) is 25.4 Å². The number of carbonyl (C=O) groups excluding carboxylic acids is 1. The van der Waals surface area contributed by atoms with Gasteiger partial charge in [-0.25, -0.2) is 0 Å². The second kappa shape index (κ2) is 5.79. The minimum atomic E-state index is -0.522. The summed E-state index contributed by atoms with van der Waals surface area (Å²) in [7, 11) is 0. The molecule has 1 aromatic heterocycles. The molecule has 1 atom stereocenters. The number of anilines is 1. The van der Waals surface area contributed by atoms with Crippen LogP contribution >= 0.6 is 0 Å². The molecule has 0 spiro atoms. The number of aromatic nitrogens is 1. The highest BCUT2D eigenvalue weighted by molar-refractivity contribution is 5.98. The summed E-state index contributed by atoms with van der Waals surface area (Å²) in [6, 6.07) is 9.46. The van der Waals surface area contributed by atoms with E-state index in [9.17, 15) is 4.79 Å². The van der Waals surface area contributed by atoms with Gasteiger partial charge in [0.2, 0.25) is 12.7 Å². The van der Waals surface area contributed by atoms with Crippen LogP contribution in [-0.4, -0.2) is 34.7 Å². The lowest BCUT2D eigenvalue weighted by atomic mass is 9.85. The predicted molar refractivity (Wildman–Crippen MR) is 88.9 cm³/mol. The summed E-state index contributed by atoms with van der Waals surface area (Å²) in [6.07, 6.45) is 4.17. The van der Waals surface area contributed by atoms with Crippen LogP contribution in [0.5, 0.6) is 11.5 Å². The maximum atomic E-state index is 12.7. The van der Waals surface area contributed by atoms with E-state index in [0.717, 1.165) is 35.7 Å². The highest BCUT2D eigenvalue weighted by Crippen LogP contribution is 2.39. The number of pyridine rings is 1. The molecule has 1 saturated heterocycles. The number of benzene rings is 1. The number of rotatable bonds is 4. The van der Waals surface area contributed by atoms with Crippen molar-refractivity contribution in [3.63, 3.8) is 0 Å². The number of ether oxygens (including phenoxy) is 2. The van der Waals surface area contributed by atoms with E-state index in [1.165, 1.54) is 0 Å². The second-order valence-electron chi connectivity index (χ2n) is 6.29. The molecule has 2 aliphatic heterocycles. The molecule has 1 aromatic carbocycles. The number of hydrogen-bond acceptors (Lipinski definition) is 5. The van der Waals surface area contributed by atoms with Gasteiger partial charge in [0, 0.05) is 36.7 Å². The zero-order valence-corrected chi connectivity index (χ0v) is 13.5. The third-order valence-corrected chi connectivity index (χ3v) is 4.83. The Kier molecular flexibility index (Phi) is 3.61. The second-order valence-corrected chi connectivity index (χ2v) is 6.29. The Balaban J connectivity index is 1.49. The quantitative estimate of drug-likeness (QED) is 0.935. The van der Waals surface area contributed by atoms with E-state index < -0.39 is 5.54 Å². The molecule has 24 heavy (non-hydrogen) atoms. The normalized spacial score (nSPS) is 22.0. The highest BCUT2D eigenvalue weighted by atomic mass is 16.7. The molecule has 6 heteroatoms. The third-order valence-electron chi connectivity index (χ3n) is 4.83. The van der Waals surface area contributed by atoms with Gasteiger partial charge in [0.25, 0.3) is 0 Å². The van der Waals surface area contributed by atoms with Crippen LogP contribution in [0.25, 0.3) is 0 Å². The van der Waals surface area contributed by atoms with Gasteiger partial charge in [0.05, 0.1) is 5.54 Å². The fourth-order valence-corrected chi connectivity index (χ4v) is 3.14. The summed E-state index contributed by atoms with van der Waals surface area (Å²) in [4.78, 5) is 18.9. The minimum absolute atomic E-state index is 0.00435. The van der Waals surface area contributed by atoms with E-state index in [1.54, 1.807) is 24.5 Å². The highest BCUT2D eigenvalue weighted by Gasteiger charge is 2.47. The predicted octanol–water partition coefficient (Wildman–Crippen LogP) is 2.41. The van der Waals surface area contributed by atoms with Crippen LogP contribution in [0.15, 0.2) is 42.7 Å². The lowest BCUT2D eigenvalue weighted by Gasteiger charge is -2.49. The zero-order valence-electron chi connectivity index (χ0n) is 13.5. The van der Waals surface area contributed by atoms with Crippen LogP contribution in [0.2, 0.25) is 0 Å². The van der Waals surface area contributed by atoms with Gasteiger partial charge in [-0.3, -0.25) is 14.7 Å². The van der Waals surface area contributed by atoms with Gasteiger partial charge in [0.15, 0.2) is 11.5 Å². The van der Waals surface area contributed by atoms with Gasteiger partial charge in [0.1, 0.15) is 0 Å². The Hall–Kier alpha value is -2.60. The number of nitrogens with zero attached hydrogens (tertiary/aromatic N) is 2. The Morgan fingerprint density at radius 3 is 2.88 bits per heavy atom. The minimum Gasteiger partial charge on any atom is -0.454 e. The van der Waals surface area contributed by atoms with E-state index in [1.807, 2.05) is 25.1 Å². The third kappa shape index (κ3) is 2.49. The number of nitrogens with one attached hydrogen (secondary N) is 1. The lowest BCUT2D eigenvalue weighted by molar-refractivity contribution is -0.136. The summed E-state index contributed by atoms with van der Waals surface area (Å²) >= 11 is 0. The number of likely N-dealkylation sites (tertiary alicyclic amines) is 1. The molecule has 1 amide bonds. The number of fused-ring (bicyclic) bond motifs is 1. The van der Waals surface area contributed by atoms with Gasteiger partial charge in [-0.05, 0) is 31.5 Å². The van der Waals surface area contributed by atoms with E-state index in [4.69, 9.17) is 9.47 Å². The van der Waals surface area contributed by atoms with E-state index in [-0.39, 0.29) is 12.7 Å². The van der Waals surface area contributed by atoms with Gasteiger partial charge in [-0.2, -0.15) is 0 Å². The van der Waals surface area contributed by atoms with Crippen LogP contribution in [0.1, 0.15) is 18.9 Å². The molecular formula is C18H19N3O3. The fourth-order valence-electron chi connectivity index (χ4n) is 3.14. The molecule has 0 radical (unpaired) electrons. The van der Waals surface area contributed by atoms with Crippen molar-refractivity contribution in [3.05, 3.63) is 48.3 Å². The van der Waals surface area contributed by atoms with Crippen LogP contribution in [0.4, 0.5) is 5.69 Å². The molecule has 1 fully saturated rings. The smallest absolute Gasteiger partial charge is 0.244 e. The lowest BCUT2D eigenvalue weighted by Crippen LogP contribution is -2.63. The average Bonchev–Trinajstić information content (AvgIpc) is 3.08. The monoisotopic (exact) mass is 325 g/mol. The van der Waals surface area contributed by atoms with E-state index >= 15 is 0 Å². The first-order valence-electron chi connectivity index (χ1n) is 8.01. The van der Waals surface area contributed by atoms with Crippen molar-refractivity contribution in [2.24, 2.45) is 0 Å². The molecule has 6 nitrogen and oxygen atoms in total. The molecule has 2 aliphatic rings. The summed E-state index contributed by atoms with van der Waals surface area (Å²) in [5.74, 6) is 1.57. The molecule has 0 saturated carbocycles. The summed E-state index contributed by atoms with van der Waals surface area (Å²) in [5.41, 5.74) is 1.29. The summed E-state index contributed by atoms with van der Waals surface area (Å²) < 4.78 is 11.0. The van der Waals surface area contributed by atoms with Crippen LogP contribution < -0.4 is 14.8 Å². The molecule has 1 unspecified atom stereocenters. The Morgan fingerprint density at radius 2 is 2.12 bits per heavy atom. The Morgan fingerprint density at radius 1 is 1.29 bits per heavy atom. The zero-order chi connectivity index (χ0) is 16.6. The van der Waals surface area contributed by atoms with Crippen molar-refractivity contribution < 1.29 is 14.3 Å². The molecule has 124 valence electrons. The fraction of sp³-hybridized carbons (Fsp3) is 0.333. The molecule has 0 bridgehead atoms. The number of hydrogen-bond donors (Lipinski definition) is 1. The van der Waals surface area contributed by atoms with Crippen LogP contribution in [0.3, 0.4) is 0 Å². The van der Waals surface area contributed by atoms with Gasteiger partial charge in [-0.15, -0.1) is 0 Å². The van der Waals surface area contributed by atoms with Crippen molar-refractivity contribution >= 4 is 11.6 Å². The van der Waals surface area contributed by atoms with Crippen molar-refractivity contribution in [1.82, 2.24) is 9.88 Å². The standard InChI is InChI=1S/C18H19N3O3/c1-18(17(22)20-14-5-8-19-9-6-14)7-10-21(18)11-13-3-2-4-15-16(13)24-12-23-15/h2-6,8-9H,7,10-12H2,1H3,(H,19,20,22). The van der Waals surface area contributed by atoms with Gasteiger partial charge in [-0.1, -0.05) is 12.1 Å². The summed E-state index contributed by atoms with van der Waals surface area (Å²) in [5, 5.41) is 2.98.